The SMILES string of the molecule is CCCOc1cccc(NC2=C(c3ccc(F)cc3)C(=O)N(c3cccc(C)c3C)C2=O)c1. The van der Waals surface area contributed by atoms with Gasteiger partial charge in [-0.1, -0.05) is 37.3 Å². The summed E-state index contributed by atoms with van der Waals surface area (Å²) in [7, 11) is 0. The average Bonchev–Trinajstić information content (AvgIpc) is 3.04. The third-order valence-electron chi connectivity index (χ3n) is 5.61. The second kappa shape index (κ2) is 9.28. The quantitative estimate of drug-likeness (QED) is 0.480. The molecule has 6 heteroatoms. The van der Waals surface area contributed by atoms with Gasteiger partial charge >= 0.3 is 0 Å². The van der Waals surface area contributed by atoms with Gasteiger partial charge in [-0.25, -0.2) is 9.29 Å². The summed E-state index contributed by atoms with van der Waals surface area (Å²) < 4.78 is 19.3. The van der Waals surface area contributed by atoms with Crippen LogP contribution in [0.4, 0.5) is 15.8 Å². The standard InChI is InChI=1S/C27H25FN2O3/c1-4-15-33-22-9-6-8-21(16-22)29-25-24(19-11-13-20(28)14-12-19)26(31)30(27(25)32)23-10-5-7-17(2)18(23)3/h5-14,16,29H,4,15H2,1-3H3. The molecule has 0 spiro atoms. The molecule has 1 N–H and O–H groups in total. The summed E-state index contributed by atoms with van der Waals surface area (Å²) in [6.45, 7) is 6.40. The zero-order valence-electron chi connectivity index (χ0n) is 18.8. The van der Waals surface area contributed by atoms with Crippen molar-refractivity contribution in [1.82, 2.24) is 0 Å². The molecule has 5 nitrogen and oxygen atoms in total. The first-order valence-corrected chi connectivity index (χ1v) is 10.9. The molecule has 1 aliphatic rings. The lowest BCUT2D eigenvalue weighted by atomic mass is 10.0. The van der Waals surface area contributed by atoms with Crippen molar-refractivity contribution in [3.8, 4) is 5.75 Å². The van der Waals surface area contributed by atoms with Gasteiger partial charge in [-0.2, -0.15) is 0 Å². The van der Waals surface area contributed by atoms with Gasteiger partial charge in [0, 0.05) is 11.8 Å². The number of benzene rings is 3. The second-order valence-corrected chi connectivity index (χ2v) is 7.92. The Hall–Kier alpha value is -3.93. The van der Waals surface area contributed by atoms with Gasteiger partial charge in [0.05, 0.1) is 17.9 Å². The van der Waals surface area contributed by atoms with Crippen LogP contribution in [0.1, 0.15) is 30.0 Å². The molecule has 0 bridgehead atoms. The van der Waals surface area contributed by atoms with E-state index in [1.54, 1.807) is 18.2 Å². The van der Waals surface area contributed by atoms with E-state index in [1.807, 2.05) is 45.0 Å². The first kappa shape index (κ1) is 22.3. The molecule has 0 aromatic heterocycles. The zero-order valence-corrected chi connectivity index (χ0v) is 18.8. The summed E-state index contributed by atoms with van der Waals surface area (Å²) in [6.07, 6.45) is 0.870. The van der Waals surface area contributed by atoms with Gasteiger partial charge in [0.2, 0.25) is 0 Å². The molecular formula is C27H25FN2O3. The number of nitrogens with one attached hydrogen (secondary N) is 1. The maximum absolute atomic E-state index is 13.6. The Morgan fingerprint density at radius 2 is 1.67 bits per heavy atom. The van der Waals surface area contributed by atoms with Crippen LogP contribution in [0.25, 0.3) is 5.57 Å². The predicted octanol–water partition coefficient (Wildman–Crippen LogP) is 5.63. The molecule has 0 atom stereocenters. The number of carbonyl (C=O) groups excluding carboxylic acids is 2. The monoisotopic (exact) mass is 444 g/mol. The second-order valence-electron chi connectivity index (χ2n) is 7.92. The van der Waals surface area contributed by atoms with Gasteiger partial charge < -0.3 is 10.1 Å². The lowest BCUT2D eigenvalue weighted by molar-refractivity contribution is -0.120. The van der Waals surface area contributed by atoms with Crippen LogP contribution in [-0.4, -0.2) is 18.4 Å². The highest BCUT2D eigenvalue weighted by molar-refractivity contribution is 6.46. The van der Waals surface area contributed by atoms with Crippen LogP contribution in [0.3, 0.4) is 0 Å². The van der Waals surface area contributed by atoms with Crippen molar-refractivity contribution < 1.29 is 18.7 Å². The van der Waals surface area contributed by atoms with Gasteiger partial charge in [-0.15, -0.1) is 0 Å². The molecule has 0 aliphatic carbocycles. The molecule has 0 saturated carbocycles. The van der Waals surface area contributed by atoms with Crippen LogP contribution in [0, 0.1) is 19.7 Å². The number of hydrogen-bond donors (Lipinski definition) is 1. The molecule has 33 heavy (non-hydrogen) atoms. The number of hydrogen-bond acceptors (Lipinski definition) is 4. The van der Waals surface area contributed by atoms with Crippen molar-refractivity contribution in [2.75, 3.05) is 16.8 Å². The molecule has 1 heterocycles. The predicted molar refractivity (Wildman–Crippen MR) is 128 cm³/mol. The number of amides is 2. The van der Waals surface area contributed by atoms with Crippen molar-refractivity contribution in [2.45, 2.75) is 27.2 Å². The number of carbonyl (C=O) groups is 2. The topological polar surface area (TPSA) is 58.6 Å². The number of nitrogens with zero attached hydrogens (tertiary/aromatic N) is 1. The van der Waals surface area contributed by atoms with Crippen LogP contribution in [0.5, 0.6) is 5.75 Å². The van der Waals surface area contributed by atoms with Crippen molar-refractivity contribution in [2.24, 2.45) is 0 Å². The van der Waals surface area contributed by atoms with E-state index < -0.39 is 17.6 Å². The summed E-state index contributed by atoms with van der Waals surface area (Å²) in [5.74, 6) is -0.680. The van der Waals surface area contributed by atoms with Crippen LogP contribution in [0.2, 0.25) is 0 Å². The van der Waals surface area contributed by atoms with Crippen LogP contribution < -0.4 is 15.0 Å². The Bertz CT molecular complexity index is 1250. The Morgan fingerprint density at radius 1 is 0.939 bits per heavy atom. The van der Waals surface area contributed by atoms with Crippen molar-refractivity contribution in [3.05, 3.63) is 94.9 Å². The highest BCUT2D eigenvalue weighted by atomic mass is 19.1. The first-order chi connectivity index (χ1) is 15.9. The maximum atomic E-state index is 13.6. The minimum atomic E-state index is -0.465. The number of aryl methyl sites for hydroxylation is 1. The van der Waals surface area contributed by atoms with Gasteiger partial charge in [0.15, 0.2) is 0 Å². The molecule has 168 valence electrons. The summed E-state index contributed by atoms with van der Waals surface area (Å²) >= 11 is 0. The molecular weight excluding hydrogens is 419 g/mol. The third-order valence-corrected chi connectivity index (χ3v) is 5.61. The average molecular weight is 445 g/mol. The molecule has 0 fully saturated rings. The van der Waals surface area contributed by atoms with E-state index in [-0.39, 0.29) is 11.3 Å². The molecule has 3 aromatic rings. The molecule has 2 amide bonds. The minimum Gasteiger partial charge on any atom is -0.494 e. The Balaban J connectivity index is 1.79. The number of halogens is 1. The van der Waals surface area contributed by atoms with Gasteiger partial charge in [-0.3, -0.25) is 9.59 Å². The number of ether oxygens (including phenoxy) is 1. The minimum absolute atomic E-state index is 0.139. The lowest BCUT2D eigenvalue weighted by Gasteiger charge is -2.19. The Labute approximate surface area is 192 Å². The Kier molecular flexibility index (Phi) is 6.27. The number of anilines is 2. The molecule has 0 unspecified atom stereocenters. The number of rotatable bonds is 7. The van der Waals surface area contributed by atoms with Gasteiger partial charge in [-0.05, 0) is 67.3 Å². The summed E-state index contributed by atoms with van der Waals surface area (Å²) in [5, 5.41) is 3.13. The van der Waals surface area contributed by atoms with Gasteiger partial charge in [0.1, 0.15) is 17.3 Å². The van der Waals surface area contributed by atoms with Crippen LogP contribution in [-0.2, 0) is 9.59 Å². The van der Waals surface area contributed by atoms with E-state index in [2.05, 4.69) is 5.32 Å². The van der Waals surface area contributed by atoms with E-state index in [0.29, 0.717) is 29.3 Å². The zero-order chi connectivity index (χ0) is 23.5. The maximum Gasteiger partial charge on any atom is 0.282 e. The highest BCUT2D eigenvalue weighted by Gasteiger charge is 2.41. The van der Waals surface area contributed by atoms with E-state index in [4.69, 9.17) is 4.74 Å². The van der Waals surface area contributed by atoms with Crippen LogP contribution in [0.15, 0.2) is 72.4 Å². The lowest BCUT2D eigenvalue weighted by Crippen LogP contribution is -2.33. The fraction of sp³-hybridized carbons (Fsp3) is 0.185. The van der Waals surface area contributed by atoms with Crippen molar-refractivity contribution >= 4 is 28.8 Å². The Morgan fingerprint density at radius 3 is 2.39 bits per heavy atom. The van der Waals surface area contributed by atoms with Gasteiger partial charge in [0.25, 0.3) is 11.8 Å². The molecule has 4 rings (SSSR count). The summed E-state index contributed by atoms with van der Waals surface area (Å²) in [5.41, 5.74) is 3.75. The highest BCUT2D eigenvalue weighted by Crippen LogP contribution is 2.36. The molecule has 3 aromatic carbocycles. The third kappa shape index (κ3) is 4.37. The summed E-state index contributed by atoms with van der Waals surface area (Å²) in [4.78, 5) is 28.3. The normalized spacial score (nSPS) is 13.6. The smallest absolute Gasteiger partial charge is 0.282 e. The fourth-order valence-corrected chi connectivity index (χ4v) is 3.75. The largest absolute Gasteiger partial charge is 0.494 e. The van der Waals surface area contributed by atoms with E-state index in [0.717, 1.165) is 17.5 Å². The molecule has 1 aliphatic heterocycles. The summed E-state index contributed by atoms with van der Waals surface area (Å²) in [6, 6.07) is 18.3. The van der Waals surface area contributed by atoms with E-state index >= 15 is 0 Å². The van der Waals surface area contributed by atoms with Crippen molar-refractivity contribution in [1.29, 1.82) is 0 Å². The number of imide groups is 1. The molecule has 0 radical (unpaired) electrons. The first-order valence-electron chi connectivity index (χ1n) is 10.9. The van der Waals surface area contributed by atoms with Crippen molar-refractivity contribution in [3.63, 3.8) is 0 Å². The fourth-order valence-electron chi connectivity index (χ4n) is 3.75. The molecule has 0 saturated heterocycles. The van der Waals surface area contributed by atoms with Crippen LogP contribution >= 0.6 is 0 Å². The van der Waals surface area contributed by atoms with E-state index in [1.165, 1.54) is 29.2 Å². The van der Waals surface area contributed by atoms with E-state index in [9.17, 15) is 14.0 Å².